The molecule has 0 fully saturated rings. The molecule has 34 heavy (non-hydrogen) atoms. The number of halogens is 1. The summed E-state index contributed by atoms with van der Waals surface area (Å²) in [5, 5.41) is 16.2. The van der Waals surface area contributed by atoms with Gasteiger partial charge in [0.15, 0.2) is 11.8 Å². The Kier molecular flexibility index (Phi) is 9.14. The van der Waals surface area contributed by atoms with Gasteiger partial charge in [-0.05, 0) is 54.3 Å². The van der Waals surface area contributed by atoms with E-state index in [0.717, 1.165) is 5.56 Å². The number of aliphatic carboxylic acids is 1. The van der Waals surface area contributed by atoms with Crippen molar-refractivity contribution in [2.75, 3.05) is 7.05 Å². The molecule has 0 aromatic heterocycles. The van der Waals surface area contributed by atoms with Gasteiger partial charge in [-0.3, -0.25) is 9.59 Å². The van der Waals surface area contributed by atoms with E-state index in [1.807, 2.05) is 0 Å². The van der Waals surface area contributed by atoms with Crippen LogP contribution in [0.3, 0.4) is 0 Å². The molecule has 2 aromatic carbocycles. The van der Waals surface area contributed by atoms with Crippen molar-refractivity contribution in [2.24, 2.45) is 0 Å². The molecule has 0 radical (unpaired) electrons. The molecule has 8 nitrogen and oxygen atoms in total. The molecule has 0 aliphatic carbocycles. The summed E-state index contributed by atoms with van der Waals surface area (Å²) >= 11 is 0. The number of amides is 3. The van der Waals surface area contributed by atoms with E-state index < -0.39 is 42.2 Å². The second kappa shape index (κ2) is 11.4. The van der Waals surface area contributed by atoms with Crippen molar-refractivity contribution in [3.63, 3.8) is 0 Å². The van der Waals surface area contributed by atoms with Gasteiger partial charge in [-0.1, -0.05) is 24.3 Å². The van der Waals surface area contributed by atoms with Crippen LogP contribution in [0, 0.1) is 12.7 Å². The van der Waals surface area contributed by atoms with E-state index in [1.165, 1.54) is 31.1 Å². The normalized spacial score (nSPS) is 16.3. The molecule has 3 rings (SSSR count). The van der Waals surface area contributed by atoms with Crippen molar-refractivity contribution in [3.05, 3.63) is 71.2 Å². The molecular weight excluding hydrogens is 452 g/mol. The number of rotatable bonds is 6. The number of carbonyl (C=O) groups excluding carboxylic acids is 4. The predicted molar refractivity (Wildman–Crippen MR) is 116 cm³/mol. The van der Waals surface area contributed by atoms with Crippen LogP contribution < -0.4 is 45.3 Å². The van der Waals surface area contributed by atoms with Crippen molar-refractivity contribution in [3.8, 4) is 11.1 Å². The van der Waals surface area contributed by atoms with Crippen LogP contribution in [0.1, 0.15) is 30.5 Å². The van der Waals surface area contributed by atoms with Crippen LogP contribution >= 0.6 is 0 Å². The molecule has 0 bridgehead atoms. The number of Topliss-reactive ketones (excluding diaryl/α,β-unsaturated/α-hetero) is 1. The first-order valence-corrected chi connectivity index (χ1v) is 10.2. The second-order valence-electron chi connectivity index (χ2n) is 7.89. The molecule has 1 unspecified atom stereocenters. The first-order valence-electron chi connectivity index (χ1n) is 10.2. The van der Waals surface area contributed by atoms with Crippen molar-refractivity contribution in [1.29, 1.82) is 0 Å². The first kappa shape index (κ1) is 27.2. The van der Waals surface area contributed by atoms with E-state index in [2.05, 4.69) is 10.6 Å². The molecule has 172 valence electrons. The van der Waals surface area contributed by atoms with Crippen molar-refractivity contribution in [2.45, 2.75) is 32.4 Å². The number of carbonyl (C=O) groups is 4. The number of nitrogens with zero attached hydrogens (tertiary/aromatic N) is 1. The zero-order chi connectivity index (χ0) is 24.3. The number of nitrogens with one attached hydrogen (secondary N) is 2. The van der Waals surface area contributed by atoms with Gasteiger partial charge >= 0.3 is 35.6 Å². The van der Waals surface area contributed by atoms with E-state index in [1.54, 1.807) is 43.3 Å². The van der Waals surface area contributed by atoms with Crippen molar-refractivity contribution in [1.82, 2.24) is 15.5 Å². The summed E-state index contributed by atoms with van der Waals surface area (Å²) < 4.78 is 13.6. The van der Waals surface area contributed by atoms with E-state index >= 15 is 0 Å². The van der Waals surface area contributed by atoms with Crippen LogP contribution in [0.25, 0.3) is 11.1 Å². The Bertz CT molecular complexity index is 1170. The zero-order valence-corrected chi connectivity index (χ0v) is 21.3. The topological polar surface area (TPSA) is 119 Å². The Hall–Kier alpha value is -3.01. The summed E-state index contributed by atoms with van der Waals surface area (Å²) in [6.07, 6.45) is 0.840. The summed E-state index contributed by atoms with van der Waals surface area (Å²) in [5.74, 6) is -2.89. The van der Waals surface area contributed by atoms with Gasteiger partial charge in [0.25, 0.3) is 5.91 Å². The maximum absolute atomic E-state index is 13.6. The smallest absolute Gasteiger partial charge is 0.550 e. The molecule has 2 N–H and O–H groups in total. The number of carboxylic acids is 1. The van der Waals surface area contributed by atoms with Gasteiger partial charge in [-0.15, -0.1) is 0 Å². The molecule has 2 atom stereocenters. The van der Waals surface area contributed by atoms with Crippen molar-refractivity contribution < 1.29 is 58.2 Å². The minimum atomic E-state index is -1.41. The Labute approximate surface area is 218 Å². The monoisotopic (exact) mass is 475 g/mol. The molecule has 2 aromatic rings. The average Bonchev–Trinajstić information content (AvgIpc) is 2.76. The number of hydrogen-bond donors (Lipinski definition) is 2. The summed E-state index contributed by atoms with van der Waals surface area (Å²) in [5.41, 5.74) is 2.63. The summed E-state index contributed by atoms with van der Waals surface area (Å²) in [4.78, 5) is 49.7. The maximum atomic E-state index is 13.6. The number of likely N-dealkylation sites (N-methyl/N-ethyl adjacent to an activating group) is 1. The van der Waals surface area contributed by atoms with Crippen LogP contribution in [-0.2, 0) is 14.4 Å². The fourth-order valence-electron chi connectivity index (χ4n) is 3.60. The molecule has 0 saturated carbocycles. The van der Waals surface area contributed by atoms with Gasteiger partial charge in [0, 0.05) is 31.2 Å². The van der Waals surface area contributed by atoms with E-state index in [9.17, 15) is 28.7 Å². The third kappa shape index (κ3) is 6.31. The molecule has 1 heterocycles. The van der Waals surface area contributed by atoms with Gasteiger partial charge < -0.3 is 25.4 Å². The third-order valence-electron chi connectivity index (χ3n) is 5.36. The number of aryl methyl sites for hydroxylation is 1. The number of benzene rings is 2. The summed E-state index contributed by atoms with van der Waals surface area (Å²) in [6.45, 7) is 3.16. The zero-order valence-electron chi connectivity index (χ0n) is 19.3. The largest absolute Gasteiger partial charge is 1.00 e. The van der Waals surface area contributed by atoms with Gasteiger partial charge in [-0.25, -0.2) is 9.18 Å². The number of urea groups is 1. The number of carboxylic acid groups (broad SMARTS) is 1. The molecule has 1 aliphatic rings. The molecule has 0 spiro atoms. The minimum Gasteiger partial charge on any atom is -0.550 e. The van der Waals surface area contributed by atoms with Crippen LogP contribution in [-0.4, -0.2) is 41.7 Å². The van der Waals surface area contributed by atoms with Crippen LogP contribution in [0.5, 0.6) is 0 Å². The van der Waals surface area contributed by atoms with Gasteiger partial charge in [0.2, 0.25) is 0 Å². The number of ketones is 1. The van der Waals surface area contributed by atoms with E-state index in [-0.39, 0.29) is 35.4 Å². The SMILES string of the molecule is CC1=CN(C)C(=O)C(NC(=O)N[C@@H](CC(=O)[O-])c2cccc(-c3ccc(F)c(C)c3)c2)C1=O.[Na+]. The summed E-state index contributed by atoms with van der Waals surface area (Å²) in [6, 6.07) is 8.09. The fourth-order valence-corrected chi connectivity index (χ4v) is 3.60. The second-order valence-corrected chi connectivity index (χ2v) is 7.89. The van der Waals surface area contributed by atoms with E-state index in [0.29, 0.717) is 22.3 Å². The molecule has 10 heteroatoms. The van der Waals surface area contributed by atoms with Gasteiger partial charge in [0.05, 0.1) is 6.04 Å². The standard InChI is InChI=1S/C24H24FN3O5.Na/c1-13-9-16(7-8-18(13)25)15-5-4-6-17(10-15)19(11-20(29)30)26-24(33)27-21-22(31)14(2)12-28(3)23(21)32;/h4-10,12,19,21H,11H2,1-3H3,(H,29,30)(H2,26,27,33);/q;+1/p-1/t19-,21?;/m0./s1. The fraction of sp³-hybridized carbons (Fsp3) is 0.250. The minimum absolute atomic E-state index is 0. The Morgan fingerprint density at radius 1 is 1.12 bits per heavy atom. The Morgan fingerprint density at radius 2 is 1.79 bits per heavy atom. The van der Waals surface area contributed by atoms with Crippen LogP contribution in [0.2, 0.25) is 0 Å². The van der Waals surface area contributed by atoms with Crippen molar-refractivity contribution >= 4 is 23.7 Å². The number of hydrogen-bond acceptors (Lipinski definition) is 5. The Morgan fingerprint density at radius 3 is 2.44 bits per heavy atom. The van der Waals surface area contributed by atoms with Crippen LogP contribution in [0.15, 0.2) is 54.2 Å². The average molecular weight is 475 g/mol. The summed E-state index contributed by atoms with van der Waals surface area (Å²) in [7, 11) is 1.46. The van der Waals surface area contributed by atoms with E-state index in [4.69, 9.17) is 0 Å². The third-order valence-corrected chi connectivity index (χ3v) is 5.36. The Balaban J connectivity index is 0.00000408. The predicted octanol–water partition coefficient (Wildman–Crippen LogP) is -1.40. The van der Waals surface area contributed by atoms with Crippen LogP contribution in [0.4, 0.5) is 9.18 Å². The molecule has 0 saturated heterocycles. The van der Waals surface area contributed by atoms with Gasteiger partial charge in [-0.2, -0.15) is 0 Å². The molecular formula is C24H23FN3NaO5. The molecule has 1 aliphatic heterocycles. The van der Waals surface area contributed by atoms with Gasteiger partial charge in [0.1, 0.15) is 5.82 Å². The quantitative estimate of drug-likeness (QED) is 0.394. The first-order chi connectivity index (χ1) is 15.6. The maximum Gasteiger partial charge on any atom is 1.00 e. The molecule has 3 amide bonds.